The van der Waals surface area contributed by atoms with Crippen molar-refractivity contribution in [1.29, 1.82) is 0 Å². The van der Waals surface area contributed by atoms with Crippen LogP contribution in [0.5, 0.6) is 11.5 Å². The third-order valence-electron chi connectivity index (χ3n) is 5.31. The van der Waals surface area contributed by atoms with Gasteiger partial charge in [0.2, 0.25) is 0 Å². The highest BCUT2D eigenvalue weighted by atomic mass is 35.5. The van der Waals surface area contributed by atoms with Crippen LogP contribution in [0.2, 0.25) is 0 Å². The van der Waals surface area contributed by atoms with Crippen LogP contribution >= 0.6 is 12.4 Å². The van der Waals surface area contributed by atoms with E-state index in [0.717, 1.165) is 23.7 Å². The highest BCUT2D eigenvalue weighted by Gasteiger charge is 2.25. The molecule has 1 atom stereocenters. The van der Waals surface area contributed by atoms with Gasteiger partial charge in [0.25, 0.3) is 0 Å². The zero-order valence-electron chi connectivity index (χ0n) is 17.5. The van der Waals surface area contributed by atoms with Gasteiger partial charge < -0.3 is 19.4 Å². The summed E-state index contributed by atoms with van der Waals surface area (Å²) in [6.45, 7) is 10.3. The van der Waals surface area contributed by atoms with Gasteiger partial charge in [-0.1, -0.05) is 23.8 Å². The van der Waals surface area contributed by atoms with Gasteiger partial charge >= 0.3 is 0 Å². The number of rotatable bonds is 5. The van der Waals surface area contributed by atoms with E-state index < -0.39 is 0 Å². The number of halogens is 1. The van der Waals surface area contributed by atoms with Crippen molar-refractivity contribution in [1.82, 2.24) is 9.88 Å². The van der Waals surface area contributed by atoms with E-state index in [1.165, 1.54) is 27.9 Å². The fraction of sp³-hybridized carbons (Fsp3) is 0.333. The largest absolute Gasteiger partial charge is 0.490 e. The maximum Gasteiger partial charge on any atom is 0.163 e. The number of hydrogen-bond acceptors (Lipinski definition) is 3. The monoisotopic (exact) mass is 412 g/mol. The molecule has 0 bridgehead atoms. The smallest absolute Gasteiger partial charge is 0.163 e. The molecule has 5 heteroatoms. The second-order valence-electron chi connectivity index (χ2n) is 7.27. The van der Waals surface area contributed by atoms with Crippen molar-refractivity contribution in [2.45, 2.75) is 40.3 Å². The highest BCUT2D eigenvalue weighted by Crippen LogP contribution is 2.38. The summed E-state index contributed by atoms with van der Waals surface area (Å²) in [6.07, 6.45) is 2.13. The van der Waals surface area contributed by atoms with Crippen LogP contribution in [0, 0.1) is 13.8 Å². The van der Waals surface area contributed by atoms with Gasteiger partial charge in [0, 0.05) is 24.5 Å². The number of ether oxygens (including phenoxy) is 2. The van der Waals surface area contributed by atoms with E-state index in [1.807, 2.05) is 13.8 Å². The molecule has 4 rings (SSSR count). The Morgan fingerprint density at radius 2 is 1.72 bits per heavy atom. The van der Waals surface area contributed by atoms with Crippen molar-refractivity contribution < 1.29 is 9.47 Å². The fourth-order valence-corrected chi connectivity index (χ4v) is 4.08. The first-order valence-electron chi connectivity index (χ1n) is 10.0. The van der Waals surface area contributed by atoms with Crippen LogP contribution in [0.15, 0.2) is 48.7 Å². The average Bonchev–Trinajstić information content (AvgIpc) is 3.09. The van der Waals surface area contributed by atoms with E-state index >= 15 is 0 Å². The third-order valence-corrected chi connectivity index (χ3v) is 5.31. The molecule has 0 aliphatic carbocycles. The first-order valence-corrected chi connectivity index (χ1v) is 10.0. The number of nitrogens with zero attached hydrogens (tertiary/aromatic N) is 1. The minimum atomic E-state index is 0. The summed E-state index contributed by atoms with van der Waals surface area (Å²) in [5.74, 6) is 1.61. The van der Waals surface area contributed by atoms with Gasteiger partial charge in [-0.25, -0.2) is 0 Å². The molecule has 0 saturated carbocycles. The van der Waals surface area contributed by atoms with Crippen LogP contribution in [0.4, 0.5) is 0 Å². The number of aryl methyl sites for hydroxylation is 2. The van der Waals surface area contributed by atoms with Crippen molar-refractivity contribution >= 4 is 12.4 Å². The van der Waals surface area contributed by atoms with Crippen molar-refractivity contribution in [2.24, 2.45) is 0 Å². The quantitative estimate of drug-likeness (QED) is 0.600. The second-order valence-corrected chi connectivity index (χ2v) is 7.27. The molecule has 1 N–H and O–H groups in total. The molecule has 4 nitrogen and oxygen atoms in total. The Balaban J connectivity index is 0.00000240. The van der Waals surface area contributed by atoms with E-state index in [-0.39, 0.29) is 18.4 Å². The van der Waals surface area contributed by atoms with Gasteiger partial charge in [0.05, 0.1) is 24.9 Å². The lowest BCUT2D eigenvalue weighted by atomic mass is 9.97. The molecule has 0 saturated heterocycles. The Labute approximate surface area is 179 Å². The summed E-state index contributed by atoms with van der Waals surface area (Å²) in [6, 6.07) is 15.4. The van der Waals surface area contributed by atoms with Crippen molar-refractivity contribution in [3.05, 3.63) is 76.6 Å². The molecular formula is C24H29ClN2O2. The SMILES string of the molecule is CCOc1cc2c(cc1OCC)-n1cccc1C(c1ccc(C)cc1C)NC2.Cl. The third kappa shape index (κ3) is 4.00. The van der Waals surface area contributed by atoms with Gasteiger partial charge in [-0.15, -0.1) is 12.4 Å². The predicted molar refractivity (Wildman–Crippen MR) is 120 cm³/mol. The minimum absolute atomic E-state index is 0. The molecular weight excluding hydrogens is 384 g/mol. The lowest BCUT2D eigenvalue weighted by Crippen LogP contribution is -2.22. The van der Waals surface area contributed by atoms with Crippen LogP contribution in [0.1, 0.15) is 47.8 Å². The van der Waals surface area contributed by atoms with Gasteiger partial charge in [-0.05, 0) is 62.6 Å². The summed E-state index contributed by atoms with van der Waals surface area (Å²) in [5.41, 5.74) is 7.49. The lowest BCUT2D eigenvalue weighted by Gasteiger charge is -2.20. The molecule has 0 radical (unpaired) electrons. The molecule has 1 unspecified atom stereocenters. The van der Waals surface area contributed by atoms with Crippen LogP contribution in [-0.4, -0.2) is 17.8 Å². The maximum atomic E-state index is 5.87. The van der Waals surface area contributed by atoms with E-state index in [9.17, 15) is 0 Å². The van der Waals surface area contributed by atoms with Gasteiger partial charge in [0.1, 0.15) is 0 Å². The first kappa shape index (κ1) is 21.3. The van der Waals surface area contributed by atoms with Crippen molar-refractivity contribution in [3.63, 3.8) is 0 Å². The van der Waals surface area contributed by atoms with Crippen LogP contribution in [0.3, 0.4) is 0 Å². The van der Waals surface area contributed by atoms with Crippen LogP contribution in [0.25, 0.3) is 5.69 Å². The Hall–Kier alpha value is -2.43. The number of nitrogens with one attached hydrogen (secondary N) is 1. The van der Waals surface area contributed by atoms with Crippen LogP contribution < -0.4 is 14.8 Å². The topological polar surface area (TPSA) is 35.4 Å². The van der Waals surface area contributed by atoms with E-state index in [4.69, 9.17) is 9.47 Å². The Bertz CT molecular complexity index is 997. The summed E-state index contributed by atoms with van der Waals surface area (Å²) in [5, 5.41) is 3.76. The zero-order chi connectivity index (χ0) is 19.7. The summed E-state index contributed by atoms with van der Waals surface area (Å²) >= 11 is 0. The maximum absolute atomic E-state index is 5.87. The number of fused-ring (bicyclic) bond motifs is 3. The summed E-state index contributed by atoms with van der Waals surface area (Å²) < 4.78 is 14.0. The molecule has 1 aromatic heterocycles. The molecule has 2 aromatic carbocycles. The lowest BCUT2D eigenvalue weighted by molar-refractivity contribution is 0.287. The number of aromatic nitrogens is 1. The van der Waals surface area contributed by atoms with E-state index in [2.05, 4.69) is 72.4 Å². The van der Waals surface area contributed by atoms with Crippen LogP contribution in [-0.2, 0) is 6.54 Å². The zero-order valence-corrected chi connectivity index (χ0v) is 18.3. The van der Waals surface area contributed by atoms with E-state index in [1.54, 1.807) is 0 Å². The average molecular weight is 413 g/mol. The predicted octanol–water partition coefficient (Wildman–Crippen LogP) is 5.51. The van der Waals surface area contributed by atoms with E-state index in [0.29, 0.717) is 13.2 Å². The number of benzene rings is 2. The minimum Gasteiger partial charge on any atom is -0.490 e. The molecule has 3 aromatic rings. The van der Waals surface area contributed by atoms with Crippen molar-refractivity contribution in [2.75, 3.05) is 13.2 Å². The Morgan fingerprint density at radius 3 is 2.41 bits per heavy atom. The molecule has 29 heavy (non-hydrogen) atoms. The highest BCUT2D eigenvalue weighted by molar-refractivity contribution is 5.85. The van der Waals surface area contributed by atoms with Crippen molar-refractivity contribution in [3.8, 4) is 17.2 Å². The molecule has 154 valence electrons. The second kappa shape index (κ2) is 8.93. The standard InChI is InChI=1S/C24H28N2O2.ClH/c1-5-27-22-13-18-15-25-24(19-10-9-16(3)12-17(19)4)20-8-7-11-26(20)21(18)14-23(22)28-6-2;/h7-14,24-25H,5-6,15H2,1-4H3;1H. The van der Waals surface area contributed by atoms with Gasteiger partial charge in [0.15, 0.2) is 11.5 Å². The summed E-state index contributed by atoms with van der Waals surface area (Å²) in [7, 11) is 0. The normalized spacial score (nSPS) is 15.0. The molecule has 1 aliphatic rings. The summed E-state index contributed by atoms with van der Waals surface area (Å²) in [4.78, 5) is 0. The Kier molecular flexibility index (Phi) is 6.56. The Morgan fingerprint density at radius 1 is 1.00 bits per heavy atom. The molecule has 0 spiro atoms. The molecule has 0 fully saturated rings. The fourth-order valence-electron chi connectivity index (χ4n) is 4.08. The first-order chi connectivity index (χ1) is 13.6. The number of hydrogen-bond donors (Lipinski definition) is 1. The molecule has 1 aliphatic heterocycles. The molecule has 2 heterocycles. The molecule has 0 amide bonds. The van der Waals surface area contributed by atoms with Gasteiger partial charge in [-0.2, -0.15) is 0 Å². The van der Waals surface area contributed by atoms with Gasteiger partial charge in [-0.3, -0.25) is 0 Å².